The molecule has 0 spiro atoms. The van der Waals surface area contributed by atoms with Crippen molar-refractivity contribution in [1.82, 2.24) is 10.6 Å². The van der Waals surface area contributed by atoms with Gasteiger partial charge in [-0.2, -0.15) is 0 Å². The minimum atomic E-state index is 0.774. The van der Waals surface area contributed by atoms with Crippen LogP contribution in [0, 0.1) is 0 Å². The molecule has 2 N–H and O–H groups in total. The van der Waals surface area contributed by atoms with Gasteiger partial charge in [-0.15, -0.1) is 23.1 Å². The molecule has 1 aromatic heterocycles. The third-order valence-corrected chi connectivity index (χ3v) is 4.85. The van der Waals surface area contributed by atoms with Gasteiger partial charge in [0.1, 0.15) is 0 Å². The van der Waals surface area contributed by atoms with Crippen molar-refractivity contribution in [1.29, 1.82) is 0 Å². The summed E-state index contributed by atoms with van der Waals surface area (Å²) in [5, 5.41) is 9.46. The number of halogens is 1. The van der Waals surface area contributed by atoms with Crippen molar-refractivity contribution in [2.24, 2.45) is 4.99 Å². The number of rotatable bonds is 6. The molecule has 0 saturated heterocycles. The Bertz CT molecular complexity index is 553. The summed E-state index contributed by atoms with van der Waals surface area (Å²) in [6.07, 6.45) is 0. The number of hydrogen-bond donors (Lipinski definition) is 2. The first-order chi connectivity index (χ1) is 10.3. The second kappa shape index (κ2) is 8.97. The van der Waals surface area contributed by atoms with Crippen LogP contribution in [0.15, 0.2) is 51.7 Å². The highest BCUT2D eigenvalue weighted by Crippen LogP contribution is 2.19. The van der Waals surface area contributed by atoms with Crippen LogP contribution >= 0.6 is 34.7 Å². The number of thiophene rings is 1. The van der Waals surface area contributed by atoms with Crippen LogP contribution in [0.2, 0.25) is 5.02 Å². The maximum absolute atomic E-state index is 5.87. The number of nitrogens with one attached hydrogen (secondary N) is 2. The van der Waals surface area contributed by atoms with Gasteiger partial charge in [0.05, 0.1) is 6.54 Å². The molecule has 0 fully saturated rings. The summed E-state index contributed by atoms with van der Waals surface area (Å²) in [6.45, 7) is 1.67. The zero-order chi connectivity index (χ0) is 14.9. The van der Waals surface area contributed by atoms with Crippen LogP contribution in [-0.2, 0) is 6.54 Å². The average Bonchev–Trinajstić information content (AvgIpc) is 3.02. The molecular weight excluding hydrogens is 322 g/mol. The van der Waals surface area contributed by atoms with Crippen LogP contribution in [0.4, 0.5) is 0 Å². The number of thioether (sulfide) groups is 1. The van der Waals surface area contributed by atoms with Gasteiger partial charge in [0.2, 0.25) is 0 Å². The van der Waals surface area contributed by atoms with Crippen molar-refractivity contribution in [2.45, 2.75) is 11.4 Å². The lowest BCUT2D eigenvalue weighted by atomic mass is 10.4. The molecule has 1 aromatic carbocycles. The van der Waals surface area contributed by atoms with Gasteiger partial charge in [0.15, 0.2) is 5.96 Å². The van der Waals surface area contributed by atoms with Crippen LogP contribution < -0.4 is 10.6 Å². The zero-order valence-corrected chi connectivity index (χ0v) is 14.2. The van der Waals surface area contributed by atoms with E-state index in [1.165, 1.54) is 9.77 Å². The van der Waals surface area contributed by atoms with Crippen molar-refractivity contribution in [2.75, 3.05) is 19.3 Å². The Morgan fingerprint density at radius 2 is 2.05 bits per heavy atom. The molecule has 0 aliphatic heterocycles. The third kappa shape index (κ3) is 5.99. The summed E-state index contributed by atoms with van der Waals surface area (Å²) in [7, 11) is 1.79. The predicted octanol–water partition coefficient (Wildman–Crippen LogP) is 3.86. The minimum Gasteiger partial charge on any atom is -0.356 e. The standard InChI is InChI=1S/C15H18ClN3S2/c1-17-15(19-11-14-3-2-9-20-14)18-8-10-21-13-6-4-12(16)5-7-13/h2-7,9H,8,10-11H2,1H3,(H2,17,18,19). The van der Waals surface area contributed by atoms with Crippen molar-refractivity contribution in [3.63, 3.8) is 0 Å². The Balaban J connectivity index is 1.65. The van der Waals surface area contributed by atoms with Crippen LogP contribution in [0.1, 0.15) is 4.88 Å². The van der Waals surface area contributed by atoms with Crippen molar-refractivity contribution in [3.05, 3.63) is 51.7 Å². The highest BCUT2D eigenvalue weighted by atomic mass is 35.5. The molecular formula is C15H18ClN3S2. The SMILES string of the molecule is CN=C(NCCSc1ccc(Cl)cc1)NCc1cccs1. The fourth-order valence-corrected chi connectivity index (χ4v) is 3.21. The van der Waals surface area contributed by atoms with E-state index in [0.717, 1.165) is 29.8 Å². The normalized spacial score (nSPS) is 11.4. The monoisotopic (exact) mass is 339 g/mol. The molecule has 6 heteroatoms. The lowest BCUT2D eigenvalue weighted by Gasteiger charge is -2.11. The van der Waals surface area contributed by atoms with E-state index in [1.54, 1.807) is 30.1 Å². The lowest BCUT2D eigenvalue weighted by molar-refractivity contribution is 0.841. The summed E-state index contributed by atoms with van der Waals surface area (Å²) in [4.78, 5) is 6.74. The molecule has 3 nitrogen and oxygen atoms in total. The summed E-state index contributed by atoms with van der Waals surface area (Å²) in [5.41, 5.74) is 0. The van der Waals surface area contributed by atoms with Crippen molar-refractivity contribution >= 4 is 40.7 Å². The van der Waals surface area contributed by atoms with E-state index < -0.39 is 0 Å². The molecule has 0 aliphatic rings. The second-order valence-corrected chi connectivity index (χ2v) is 6.87. The van der Waals surface area contributed by atoms with Gasteiger partial charge in [-0.05, 0) is 35.7 Å². The Morgan fingerprint density at radius 3 is 2.71 bits per heavy atom. The molecule has 1 heterocycles. The van der Waals surface area contributed by atoms with Gasteiger partial charge in [-0.25, -0.2) is 0 Å². The molecule has 0 atom stereocenters. The van der Waals surface area contributed by atoms with Crippen LogP contribution in [-0.4, -0.2) is 25.3 Å². The summed E-state index contributed by atoms with van der Waals surface area (Å²) < 4.78 is 0. The molecule has 2 aromatic rings. The molecule has 0 amide bonds. The van der Waals surface area contributed by atoms with Gasteiger partial charge in [0, 0.05) is 34.1 Å². The zero-order valence-electron chi connectivity index (χ0n) is 11.8. The smallest absolute Gasteiger partial charge is 0.191 e. The van der Waals surface area contributed by atoms with Gasteiger partial charge in [-0.3, -0.25) is 4.99 Å². The number of benzene rings is 1. The molecule has 0 radical (unpaired) electrons. The Morgan fingerprint density at radius 1 is 1.24 bits per heavy atom. The third-order valence-electron chi connectivity index (χ3n) is 2.71. The molecule has 2 rings (SSSR count). The fraction of sp³-hybridized carbons (Fsp3) is 0.267. The van der Waals surface area contributed by atoms with Crippen LogP contribution in [0.5, 0.6) is 0 Å². The predicted molar refractivity (Wildman–Crippen MR) is 94.7 cm³/mol. The summed E-state index contributed by atoms with van der Waals surface area (Å²) in [5.74, 6) is 1.81. The van der Waals surface area contributed by atoms with E-state index in [-0.39, 0.29) is 0 Å². The maximum atomic E-state index is 5.87. The molecule has 21 heavy (non-hydrogen) atoms. The first-order valence-corrected chi connectivity index (χ1v) is 8.87. The first-order valence-electron chi connectivity index (χ1n) is 6.63. The Kier molecular flexibility index (Phi) is 6.92. The lowest BCUT2D eigenvalue weighted by Crippen LogP contribution is -2.37. The number of aliphatic imine (C=N–C) groups is 1. The summed E-state index contributed by atoms with van der Waals surface area (Å²) >= 11 is 9.40. The largest absolute Gasteiger partial charge is 0.356 e. The minimum absolute atomic E-state index is 0.774. The van der Waals surface area contributed by atoms with Crippen molar-refractivity contribution in [3.8, 4) is 0 Å². The molecule has 0 unspecified atom stereocenters. The van der Waals surface area contributed by atoms with Gasteiger partial charge in [-0.1, -0.05) is 17.7 Å². The molecule has 0 saturated carbocycles. The van der Waals surface area contributed by atoms with E-state index >= 15 is 0 Å². The van der Waals surface area contributed by atoms with E-state index in [2.05, 4.69) is 33.1 Å². The molecule has 112 valence electrons. The van der Waals surface area contributed by atoms with E-state index in [1.807, 2.05) is 24.3 Å². The first kappa shape index (κ1) is 16.2. The van der Waals surface area contributed by atoms with Gasteiger partial charge >= 0.3 is 0 Å². The molecule has 0 aliphatic carbocycles. The number of hydrogen-bond acceptors (Lipinski definition) is 3. The van der Waals surface area contributed by atoms with E-state index in [0.29, 0.717) is 0 Å². The highest BCUT2D eigenvalue weighted by Gasteiger charge is 1.99. The Hall–Kier alpha value is -1.17. The summed E-state index contributed by atoms with van der Waals surface area (Å²) in [6, 6.07) is 12.1. The van der Waals surface area contributed by atoms with E-state index in [4.69, 9.17) is 11.6 Å². The highest BCUT2D eigenvalue weighted by molar-refractivity contribution is 7.99. The maximum Gasteiger partial charge on any atom is 0.191 e. The van der Waals surface area contributed by atoms with Gasteiger partial charge < -0.3 is 10.6 Å². The van der Waals surface area contributed by atoms with Crippen molar-refractivity contribution < 1.29 is 0 Å². The average molecular weight is 340 g/mol. The fourth-order valence-electron chi connectivity index (χ4n) is 1.67. The molecule has 0 bridgehead atoms. The van der Waals surface area contributed by atoms with E-state index in [9.17, 15) is 0 Å². The second-order valence-electron chi connectivity index (χ2n) is 4.23. The number of guanidine groups is 1. The quantitative estimate of drug-likeness (QED) is 0.363. The number of nitrogens with zero attached hydrogens (tertiary/aromatic N) is 1. The topological polar surface area (TPSA) is 36.4 Å². The van der Waals surface area contributed by atoms with Gasteiger partial charge in [0.25, 0.3) is 0 Å². The Labute approximate surface area is 138 Å². The van der Waals surface area contributed by atoms with Crippen LogP contribution in [0.3, 0.4) is 0 Å². The van der Waals surface area contributed by atoms with Crippen LogP contribution in [0.25, 0.3) is 0 Å².